The molecule has 1 saturated heterocycles. The van der Waals surface area contributed by atoms with Crippen LogP contribution < -0.4 is 0 Å². The molecule has 13 heavy (non-hydrogen) atoms. The zero-order valence-electron chi connectivity index (χ0n) is 8.24. The highest BCUT2D eigenvalue weighted by molar-refractivity contribution is 4.78. The fourth-order valence-electron chi connectivity index (χ4n) is 1.63. The molecule has 0 aromatic carbocycles. The monoisotopic (exact) mass is 191 g/mol. The molecule has 1 aliphatic rings. The van der Waals surface area contributed by atoms with E-state index in [1.807, 2.05) is 18.9 Å². The van der Waals surface area contributed by atoms with Crippen LogP contribution >= 0.6 is 0 Å². The van der Waals surface area contributed by atoms with Gasteiger partial charge in [0.15, 0.2) is 0 Å². The molecule has 0 spiro atoms. The van der Waals surface area contributed by atoms with E-state index in [4.69, 9.17) is 9.84 Å². The first kappa shape index (κ1) is 10.9. The second-order valence-corrected chi connectivity index (χ2v) is 3.78. The number of aliphatic hydroxyl groups is 1. The van der Waals surface area contributed by atoms with Crippen LogP contribution in [0.4, 0.5) is 4.39 Å². The summed E-state index contributed by atoms with van der Waals surface area (Å²) in [5, 5.41) is 9.10. The van der Waals surface area contributed by atoms with Crippen molar-refractivity contribution in [2.75, 3.05) is 26.9 Å². The van der Waals surface area contributed by atoms with Gasteiger partial charge in [-0.3, -0.25) is 4.90 Å². The first-order valence-electron chi connectivity index (χ1n) is 4.69. The predicted molar refractivity (Wildman–Crippen MR) is 48.4 cm³/mol. The number of hydrogen-bond donors (Lipinski definition) is 1. The first-order valence-corrected chi connectivity index (χ1v) is 4.69. The lowest BCUT2D eigenvalue weighted by Crippen LogP contribution is -2.38. The molecule has 0 aromatic rings. The summed E-state index contributed by atoms with van der Waals surface area (Å²) in [6.45, 7) is 2.43. The minimum absolute atomic E-state index is 0.287. The largest absolute Gasteiger partial charge is 0.389 e. The van der Waals surface area contributed by atoms with Crippen molar-refractivity contribution in [3.63, 3.8) is 0 Å². The van der Waals surface area contributed by atoms with Crippen LogP contribution in [-0.4, -0.2) is 55.1 Å². The Morgan fingerprint density at radius 1 is 1.69 bits per heavy atom. The maximum atomic E-state index is 12.0. The molecule has 0 radical (unpaired) electrons. The Kier molecular flexibility index (Phi) is 4.09. The smallest absolute Gasteiger partial charge is 0.117 e. The van der Waals surface area contributed by atoms with Gasteiger partial charge in [0, 0.05) is 12.6 Å². The first-order chi connectivity index (χ1) is 6.13. The molecule has 78 valence electrons. The zero-order valence-corrected chi connectivity index (χ0v) is 8.24. The van der Waals surface area contributed by atoms with E-state index in [0.717, 1.165) is 6.42 Å². The third-order valence-corrected chi connectivity index (χ3v) is 2.48. The van der Waals surface area contributed by atoms with Crippen molar-refractivity contribution in [3.05, 3.63) is 0 Å². The number of halogens is 1. The number of rotatable bonds is 4. The van der Waals surface area contributed by atoms with E-state index in [1.54, 1.807) is 0 Å². The van der Waals surface area contributed by atoms with E-state index in [2.05, 4.69) is 0 Å². The second-order valence-electron chi connectivity index (χ2n) is 3.78. The van der Waals surface area contributed by atoms with Crippen LogP contribution in [0.2, 0.25) is 0 Å². The maximum absolute atomic E-state index is 12.0. The number of aliphatic hydroxyl groups excluding tert-OH is 1. The standard InChI is InChI=1S/C9H18FNO2/c1-7-3-8(6-13-7)11(2)5-9(12)4-10/h7-9,12H,3-6H2,1-2H3. The predicted octanol–water partition coefficient (Wildman–Crippen LogP) is 0.426. The maximum Gasteiger partial charge on any atom is 0.117 e. The van der Waals surface area contributed by atoms with Gasteiger partial charge in [-0.15, -0.1) is 0 Å². The molecule has 1 aliphatic heterocycles. The number of likely N-dealkylation sites (N-methyl/N-ethyl adjacent to an activating group) is 1. The Morgan fingerprint density at radius 3 is 2.85 bits per heavy atom. The van der Waals surface area contributed by atoms with Crippen molar-refractivity contribution in [2.24, 2.45) is 0 Å². The normalized spacial score (nSPS) is 31.2. The molecule has 1 heterocycles. The van der Waals surface area contributed by atoms with Gasteiger partial charge in [-0.1, -0.05) is 0 Å². The lowest BCUT2D eigenvalue weighted by molar-refractivity contribution is 0.0733. The van der Waals surface area contributed by atoms with Crippen molar-refractivity contribution in [1.82, 2.24) is 4.90 Å². The highest BCUT2D eigenvalue weighted by atomic mass is 19.1. The fourth-order valence-corrected chi connectivity index (χ4v) is 1.63. The lowest BCUT2D eigenvalue weighted by atomic mass is 10.1. The van der Waals surface area contributed by atoms with Gasteiger partial charge >= 0.3 is 0 Å². The Bertz CT molecular complexity index is 157. The average Bonchev–Trinajstić information content (AvgIpc) is 2.51. The highest BCUT2D eigenvalue weighted by Gasteiger charge is 2.26. The number of nitrogens with zero attached hydrogens (tertiary/aromatic N) is 1. The quantitative estimate of drug-likeness (QED) is 0.699. The summed E-state index contributed by atoms with van der Waals surface area (Å²) in [7, 11) is 1.89. The van der Waals surface area contributed by atoms with E-state index in [1.165, 1.54) is 0 Å². The highest BCUT2D eigenvalue weighted by Crippen LogP contribution is 2.17. The van der Waals surface area contributed by atoms with Crippen molar-refractivity contribution in [1.29, 1.82) is 0 Å². The molecule has 0 saturated carbocycles. The van der Waals surface area contributed by atoms with Crippen LogP contribution in [0.5, 0.6) is 0 Å². The van der Waals surface area contributed by atoms with E-state index in [-0.39, 0.29) is 6.10 Å². The molecular weight excluding hydrogens is 173 g/mol. The molecule has 0 bridgehead atoms. The van der Waals surface area contributed by atoms with Gasteiger partial charge in [0.1, 0.15) is 6.67 Å². The van der Waals surface area contributed by atoms with E-state index < -0.39 is 12.8 Å². The summed E-state index contributed by atoms with van der Waals surface area (Å²) in [5.41, 5.74) is 0. The summed E-state index contributed by atoms with van der Waals surface area (Å²) in [5.74, 6) is 0. The summed E-state index contributed by atoms with van der Waals surface area (Å²) < 4.78 is 17.4. The SMILES string of the molecule is CC1CC(N(C)CC(O)CF)CO1. The van der Waals surface area contributed by atoms with Crippen molar-refractivity contribution in [2.45, 2.75) is 31.6 Å². The van der Waals surface area contributed by atoms with Crippen molar-refractivity contribution < 1.29 is 14.2 Å². The third kappa shape index (κ3) is 3.21. The van der Waals surface area contributed by atoms with Crippen LogP contribution in [0.3, 0.4) is 0 Å². The van der Waals surface area contributed by atoms with Gasteiger partial charge in [-0.25, -0.2) is 4.39 Å². The average molecular weight is 191 g/mol. The number of hydrogen-bond acceptors (Lipinski definition) is 3. The molecule has 0 aromatic heterocycles. The molecule has 1 fully saturated rings. The van der Waals surface area contributed by atoms with Gasteiger partial charge in [0.05, 0.1) is 18.8 Å². The minimum Gasteiger partial charge on any atom is -0.389 e. The summed E-state index contributed by atoms with van der Waals surface area (Å²) in [6, 6.07) is 0.330. The Hall–Kier alpha value is -0.190. The van der Waals surface area contributed by atoms with Gasteiger partial charge in [0.2, 0.25) is 0 Å². The molecule has 4 heteroatoms. The second kappa shape index (κ2) is 4.88. The molecule has 3 unspecified atom stereocenters. The van der Waals surface area contributed by atoms with E-state index in [9.17, 15) is 4.39 Å². The molecule has 3 nitrogen and oxygen atoms in total. The minimum atomic E-state index is -0.860. The molecule has 3 atom stereocenters. The van der Waals surface area contributed by atoms with Gasteiger partial charge in [-0.2, -0.15) is 0 Å². The molecule has 0 aliphatic carbocycles. The van der Waals surface area contributed by atoms with Crippen LogP contribution in [0.15, 0.2) is 0 Å². The fraction of sp³-hybridized carbons (Fsp3) is 1.00. The zero-order chi connectivity index (χ0) is 9.84. The van der Waals surface area contributed by atoms with Crippen molar-refractivity contribution >= 4 is 0 Å². The summed E-state index contributed by atoms with van der Waals surface area (Å²) in [4.78, 5) is 1.97. The molecule has 1 N–H and O–H groups in total. The van der Waals surface area contributed by atoms with E-state index in [0.29, 0.717) is 19.2 Å². The Balaban J connectivity index is 2.27. The summed E-state index contributed by atoms with van der Waals surface area (Å²) in [6.07, 6.45) is 0.395. The van der Waals surface area contributed by atoms with E-state index >= 15 is 0 Å². The topological polar surface area (TPSA) is 32.7 Å². The van der Waals surface area contributed by atoms with Gasteiger partial charge in [-0.05, 0) is 20.4 Å². The van der Waals surface area contributed by atoms with Gasteiger partial charge in [0.25, 0.3) is 0 Å². The third-order valence-electron chi connectivity index (χ3n) is 2.48. The Morgan fingerprint density at radius 2 is 2.38 bits per heavy atom. The number of ether oxygens (including phenoxy) is 1. The molecule has 1 rings (SSSR count). The molecular formula is C9H18FNO2. The van der Waals surface area contributed by atoms with Crippen LogP contribution in [0.1, 0.15) is 13.3 Å². The lowest BCUT2D eigenvalue weighted by Gasteiger charge is -2.24. The van der Waals surface area contributed by atoms with Crippen LogP contribution in [0.25, 0.3) is 0 Å². The Labute approximate surface area is 78.5 Å². The number of alkyl halides is 1. The van der Waals surface area contributed by atoms with Crippen molar-refractivity contribution in [3.8, 4) is 0 Å². The van der Waals surface area contributed by atoms with Crippen LogP contribution in [0, 0.1) is 0 Å². The van der Waals surface area contributed by atoms with Crippen LogP contribution in [-0.2, 0) is 4.74 Å². The summed E-state index contributed by atoms with van der Waals surface area (Å²) >= 11 is 0. The van der Waals surface area contributed by atoms with Gasteiger partial charge < -0.3 is 9.84 Å². The molecule has 0 amide bonds.